The summed E-state index contributed by atoms with van der Waals surface area (Å²) in [4.78, 5) is 12.6. The highest BCUT2D eigenvalue weighted by molar-refractivity contribution is 7.92. The Morgan fingerprint density at radius 2 is 1.86 bits per heavy atom. The molecule has 0 unspecified atom stereocenters. The number of nitrogens with one attached hydrogen (secondary N) is 1. The molecule has 8 heteroatoms. The summed E-state index contributed by atoms with van der Waals surface area (Å²) in [5.74, 6) is 0.763. The Morgan fingerprint density at radius 1 is 1.17 bits per heavy atom. The first-order chi connectivity index (χ1) is 13.6. The lowest BCUT2D eigenvalue weighted by Gasteiger charge is -2.34. The number of ether oxygens (including phenoxy) is 2. The molecule has 3 rings (SSSR count). The highest BCUT2D eigenvalue weighted by atomic mass is 32.2. The number of nitrogens with zero attached hydrogens (tertiary/aromatic N) is 1. The Hall–Kier alpha value is -2.74. The van der Waals surface area contributed by atoms with Gasteiger partial charge in [0, 0.05) is 0 Å². The molecule has 29 heavy (non-hydrogen) atoms. The third kappa shape index (κ3) is 5.00. The molecule has 1 heterocycles. The fraction of sp³-hybridized carbons (Fsp3) is 0.381. The minimum atomic E-state index is -3.54. The maximum absolute atomic E-state index is 12.6. The lowest BCUT2D eigenvalue weighted by molar-refractivity contribution is -0.127. The van der Waals surface area contributed by atoms with Gasteiger partial charge < -0.3 is 14.8 Å². The maximum Gasteiger partial charge on any atom is 0.263 e. The number of anilines is 1. The molecule has 0 saturated carbocycles. The predicted molar refractivity (Wildman–Crippen MR) is 112 cm³/mol. The van der Waals surface area contributed by atoms with Gasteiger partial charge in [-0.05, 0) is 50.1 Å². The van der Waals surface area contributed by atoms with Gasteiger partial charge in [-0.25, -0.2) is 8.42 Å². The molecule has 0 aliphatic carbocycles. The normalized spacial score (nSPS) is 16.0. The molecule has 2 aromatic carbocycles. The molecule has 0 bridgehead atoms. The van der Waals surface area contributed by atoms with Crippen molar-refractivity contribution in [3.8, 4) is 11.5 Å². The topological polar surface area (TPSA) is 84.9 Å². The highest BCUT2D eigenvalue weighted by Gasteiger charge is 2.34. The van der Waals surface area contributed by atoms with Crippen LogP contribution in [0.25, 0.3) is 0 Å². The van der Waals surface area contributed by atoms with Crippen molar-refractivity contribution < 1.29 is 22.7 Å². The van der Waals surface area contributed by atoms with Crippen molar-refractivity contribution in [2.45, 2.75) is 26.9 Å². The zero-order valence-electron chi connectivity index (χ0n) is 17.1. The van der Waals surface area contributed by atoms with Gasteiger partial charge in [-0.2, -0.15) is 0 Å². The zero-order chi connectivity index (χ0) is 21.2. The van der Waals surface area contributed by atoms with Crippen molar-refractivity contribution in [2.24, 2.45) is 0 Å². The van der Waals surface area contributed by atoms with Crippen LogP contribution in [0.15, 0.2) is 36.4 Å². The number of fused-ring (bicyclic) bond motifs is 1. The average molecular weight is 419 g/mol. The molecule has 156 valence electrons. The second kappa shape index (κ2) is 8.32. The first-order valence-corrected chi connectivity index (χ1v) is 11.2. The minimum absolute atomic E-state index is 0.0704. The minimum Gasteiger partial charge on any atom is -0.491 e. The maximum atomic E-state index is 12.6. The van der Waals surface area contributed by atoms with Crippen LogP contribution in [0.4, 0.5) is 5.69 Å². The molecule has 1 N–H and O–H groups in total. The number of benzene rings is 2. The van der Waals surface area contributed by atoms with Crippen molar-refractivity contribution in [3.05, 3.63) is 53.1 Å². The van der Waals surface area contributed by atoms with E-state index in [1.807, 2.05) is 45.0 Å². The van der Waals surface area contributed by atoms with Gasteiger partial charge in [0.1, 0.15) is 18.1 Å². The predicted octanol–water partition coefficient (Wildman–Crippen LogP) is 2.33. The summed E-state index contributed by atoms with van der Waals surface area (Å²) in [5, 5.41) is 2.76. The van der Waals surface area contributed by atoms with E-state index in [1.54, 1.807) is 12.1 Å². The lowest BCUT2D eigenvalue weighted by atomic mass is 10.1. The third-order valence-electron chi connectivity index (χ3n) is 4.67. The second-order valence-corrected chi connectivity index (χ2v) is 9.19. The molecule has 0 radical (unpaired) electrons. The van der Waals surface area contributed by atoms with Gasteiger partial charge in [0.15, 0.2) is 6.10 Å². The van der Waals surface area contributed by atoms with Crippen molar-refractivity contribution in [1.82, 2.24) is 5.32 Å². The Bertz CT molecular complexity index is 1020. The largest absolute Gasteiger partial charge is 0.491 e. The van der Waals surface area contributed by atoms with Gasteiger partial charge in [-0.15, -0.1) is 0 Å². The van der Waals surface area contributed by atoms with Crippen molar-refractivity contribution in [3.63, 3.8) is 0 Å². The number of carbonyl (C=O) groups excluding carboxylic acids is 1. The first-order valence-electron chi connectivity index (χ1n) is 9.38. The van der Waals surface area contributed by atoms with Crippen LogP contribution in [0.5, 0.6) is 11.5 Å². The average Bonchev–Trinajstić information content (AvgIpc) is 2.64. The fourth-order valence-electron chi connectivity index (χ4n) is 3.22. The summed E-state index contributed by atoms with van der Waals surface area (Å²) in [6.07, 6.45) is 0.193. The van der Waals surface area contributed by atoms with Gasteiger partial charge in [-0.3, -0.25) is 9.10 Å². The molecule has 0 fully saturated rings. The van der Waals surface area contributed by atoms with Gasteiger partial charge in [0.2, 0.25) is 10.0 Å². The van der Waals surface area contributed by atoms with Crippen molar-refractivity contribution in [2.75, 3.05) is 30.3 Å². The van der Waals surface area contributed by atoms with Crippen LogP contribution in [-0.2, 0) is 14.8 Å². The van der Waals surface area contributed by atoms with Crippen LogP contribution < -0.4 is 19.1 Å². The summed E-state index contributed by atoms with van der Waals surface area (Å²) in [7, 11) is -3.54. The number of sulfonamides is 1. The van der Waals surface area contributed by atoms with Gasteiger partial charge in [-0.1, -0.05) is 23.8 Å². The Kier molecular flexibility index (Phi) is 6.02. The SMILES string of the molecule is Cc1ccc(OCCNC(=O)[C@H]2CN(S(C)(=O)=O)c3cc(C)ccc3O2)c(C)c1. The van der Waals surface area contributed by atoms with E-state index in [0.717, 1.165) is 28.7 Å². The third-order valence-corrected chi connectivity index (χ3v) is 5.81. The van der Waals surface area contributed by atoms with Crippen molar-refractivity contribution >= 4 is 21.6 Å². The molecule has 7 nitrogen and oxygen atoms in total. The lowest BCUT2D eigenvalue weighted by Crippen LogP contribution is -2.51. The Labute approximate surface area is 171 Å². The van der Waals surface area contributed by atoms with Gasteiger partial charge in [0.25, 0.3) is 5.91 Å². The molecule has 1 amide bonds. The van der Waals surface area contributed by atoms with E-state index in [4.69, 9.17) is 9.47 Å². The molecule has 0 aromatic heterocycles. The highest BCUT2D eigenvalue weighted by Crippen LogP contribution is 2.35. The Balaban J connectivity index is 1.61. The molecule has 2 aromatic rings. The second-order valence-electron chi connectivity index (χ2n) is 7.28. The molecule has 1 atom stereocenters. The Morgan fingerprint density at radius 3 is 2.55 bits per heavy atom. The van der Waals surface area contributed by atoms with Crippen LogP contribution in [0, 0.1) is 20.8 Å². The van der Waals surface area contributed by atoms with E-state index < -0.39 is 16.1 Å². The monoisotopic (exact) mass is 418 g/mol. The van der Waals surface area contributed by atoms with E-state index in [9.17, 15) is 13.2 Å². The van der Waals surface area contributed by atoms with E-state index in [-0.39, 0.29) is 19.0 Å². The van der Waals surface area contributed by atoms with Gasteiger partial charge in [0.05, 0.1) is 25.0 Å². The van der Waals surface area contributed by atoms with E-state index in [0.29, 0.717) is 18.0 Å². The summed E-state index contributed by atoms with van der Waals surface area (Å²) in [5.41, 5.74) is 3.55. The van der Waals surface area contributed by atoms with Crippen LogP contribution in [0.3, 0.4) is 0 Å². The fourth-order valence-corrected chi connectivity index (χ4v) is 4.13. The summed E-state index contributed by atoms with van der Waals surface area (Å²) in [6.45, 7) is 6.37. The van der Waals surface area contributed by atoms with E-state index >= 15 is 0 Å². The molecular formula is C21H26N2O5S. The van der Waals surface area contributed by atoms with Crippen LogP contribution in [-0.4, -0.2) is 46.4 Å². The number of hydrogen-bond acceptors (Lipinski definition) is 5. The number of carbonyl (C=O) groups is 1. The summed E-state index contributed by atoms with van der Waals surface area (Å²) >= 11 is 0. The molecule has 1 aliphatic heterocycles. The quantitative estimate of drug-likeness (QED) is 0.728. The van der Waals surface area contributed by atoms with Crippen LogP contribution >= 0.6 is 0 Å². The number of rotatable bonds is 6. The molecule has 0 saturated heterocycles. The van der Waals surface area contributed by atoms with E-state index in [2.05, 4.69) is 5.32 Å². The number of aryl methyl sites for hydroxylation is 3. The summed E-state index contributed by atoms with van der Waals surface area (Å²) in [6, 6.07) is 11.1. The van der Waals surface area contributed by atoms with Crippen molar-refractivity contribution in [1.29, 1.82) is 0 Å². The number of hydrogen-bond donors (Lipinski definition) is 1. The standard InChI is InChI=1S/C21H26N2O5S/c1-14-5-7-18(16(3)11-14)27-10-9-22-21(24)20-13-23(29(4,25)26)17-12-15(2)6-8-19(17)28-20/h5-8,11-12,20H,9-10,13H2,1-4H3,(H,22,24)/t20-/m1/s1. The first kappa shape index (κ1) is 21.0. The summed E-state index contributed by atoms with van der Waals surface area (Å²) < 4.78 is 37.1. The molecule has 0 spiro atoms. The van der Waals surface area contributed by atoms with E-state index in [1.165, 1.54) is 4.31 Å². The smallest absolute Gasteiger partial charge is 0.263 e. The van der Waals surface area contributed by atoms with Gasteiger partial charge >= 0.3 is 0 Å². The molecule has 1 aliphatic rings. The van der Waals surface area contributed by atoms with Crippen LogP contribution in [0.1, 0.15) is 16.7 Å². The van der Waals surface area contributed by atoms with Crippen LogP contribution in [0.2, 0.25) is 0 Å². The zero-order valence-corrected chi connectivity index (χ0v) is 17.9. The number of amides is 1. The molecular weight excluding hydrogens is 392 g/mol.